The summed E-state index contributed by atoms with van der Waals surface area (Å²) in [6, 6.07) is 15.6. The van der Waals surface area contributed by atoms with E-state index >= 15 is 0 Å². The van der Waals surface area contributed by atoms with Crippen LogP contribution in [0.25, 0.3) is 0 Å². The Balaban J connectivity index is 1.75. The molecule has 1 atom stereocenters. The first-order valence-electron chi connectivity index (χ1n) is 7.54. The lowest BCUT2D eigenvalue weighted by Gasteiger charge is -2.06. The van der Waals surface area contributed by atoms with Crippen LogP contribution >= 0.6 is 11.6 Å². The second kappa shape index (κ2) is 7.35. The predicted octanol–water partition coefficient (Wildman–Crippen LogP) is 2.94. The van der Waals surface area contributed by atoms with Crippen molar-refractivity contribution in [3.05, 3.63) is 76.6 Å². The number of nitrogens with zero attached hydrogens (tertiary/aromatic N) is 2. The zero-order valence-electron chi connectivity index (χ0n) is 13.2. The molecule has 0 fully saturated rings. The minimum atomic E-state index is -3.77. The maximum absolute atomic E-state index is 12.4. The summed E-state index contributed by atoms with van der Waals surface area (Å²) >= 11 is 5.88. The molecule has 1 heterocycles. The molecule has 3 rings (SSSR count). The molecule has 2 aromatic carbocycles. The van der Waals surface area contributed by atoms with E-state index in [-0.39, 0.29) is 11.6 Å². The minimum absolute atomic E-state index is 0.0912. The number of aromatic nitrogens is 2. The fraction of sp³-hybridized carbons (Fsp3) is 0.176. The molecule has 0 aliphatic rings. The molecule has 2 N–H and O–H groups in total. The molecule has 0 aliphatic heterocycles. The summed E-state index contributed by atoms with van der Waals surface area (Å²) in [6.45, 7) is 0. The lowest BCUT2D eigenvalue weighted by atomic mass is 10.1. The largest absolute Gasteiger partial charge is 0.411 e. The summed E-state index contributed by atoms with van der Waals surface area (Å²) in [7, 11) is -3.77. The zero-order valence-corrected chi connectivity index (χ0v) is 14.7. The van der Waals surface area contributed by atoms with Crippen LogP contribution in [0.4, 0.5) is 0 Å². The second-order valence-electron chi connectivity index (χ2n) is 5.59. The quantitative estimate of drug-likeness (QED) is 0.709. The molecule has 0 amide bonds. The molecule has 1 aromatic heterocycles. The van der Waals surface area contributed by atoms with Crippen molar-refractivity contribution in [2.45, 2.75) is 23.4 Å². The molecule has 0 radical (unpaired) electrons. The van der Waals surface area contributed by atoms with Gasteiger partial charge in [-0.25, -0.2) is 8.42 Å². The molecule has 3 aromatic rings. The van der Waals surface area contributed by atoms with Gasteiger partial charge in [0.15, 0.2) is 0 Å². The average molecular weight is 378 g/mol. The van der Waals surface area contributed by atoms with Gasteiger partial charge in [-0.05, 0) is 29.7 Å². The van der Waals surface area contributed by atoms with Crippen LogP contribution in [0.1, 0.15) is 23.1 Å². The van der Waals surface area contributed by atoms with Crippen LogP contribution in [0, 0.1) is 0 Å². The van der Waals surface area contributed by atoms with Gasteiger partial charge in [0.2, 0.25) is 15.7 Å². The smallest absolute Gasteiger partial charge is 0.335 e. The highest BCUT2D eigenvalue weighted by molar-refractivity contribution is 7.90. The summed E-state index contributed by atoms with van der Waals surface area (Å²) in [4.78, 5) is 0. The number of benzene rings is 2. The lowest BCUT2D eigenvalue weighted by molar-refractivity contribution is 0.372. The van der Waals surface area contributed by atoms with Gasteiger partial charge >= 0.3 is 5.22 Å². The van der Waals surface area contributed by atoms with Crippen LogP contribution in [0.5, 0.6) is 0 Å². The molecule has 0 bridgehead atoms. The standard InChI is InChI=1S/C17H16ClN3O3S/c18-14-8-4-7-13(9-14)11-25(22,23)17-21-20-16(24-17)15(19)10-12-5-2-1-3-6-12/h1-9,15H,10-11,19H2/t15-/m0/s1. The fourth-order valence-electron chi connectivity index (χ4n) is 2.36. The van der Waals surface area contributed by atoms with E-state index in [1.54, 1.807) is 24.3 Å². The first-order valence-corrected chi connectivity index (χ1v) is 9.57. The first-order chi connectivity index (χ1) is 11.9. The molecule has 0 saturated carbocycles. The van der Waals surface area contributed by atoms with E-state index in [1.807, 2.05) is 30.3 Å². The van der Waals surface area contributed by atoms with Gasteiger partial charge in [-0.1, -0.05) is 59.2 Å². The first kappa shape index (κ1) is 17.6. The van der Waals surface area contributed by atoms with Gasteiger partial charge < -0.3 is 10.2 Å². The lowest BCUT2D eigenvalue weighted by Crippen LogP contribution is -2.13. The number of hydrogen-bond donors (Lipinski definition) is 1. The monoisotopic (exact) mass is 377 g/mol. The maximum Gasteiger partial charge on any atom is 0.335 e. The molecule has 0 spiro atoms. The fourth-order valence-corrected chi connectivity index (χ4v) is 3.69. The van der Waals surface area contributed by atoms with Gasteiger partial charge in [0.1, 0.15) is 0 Å². The number of nitrogens with two attached hydrogens (primary N) is 1. The molecule has 0 aliphatic carbocycles. The summed E-state index contributed by atoms with van der Waals surface area (Å²) in [5, 5.41) is 7.47. The van der Waals surface area contributed by atoms with Crippen molar-refractivity contribution in [2.75, 3.05) is 0 Å². The van der Waals surface area contributed by atoms with Crippen molar-refractivity contribution in [1.82, 2.24) is 10.2 Å². The third-order valence-corrected chi connectivity index (χ3v) is 5.20. The van der Waals surface area contributed by atoms with Crippen molar-refractivity contribution < 1.29 is 12.8 Å². The topological polar surface area (TPSA) is 99.1 Å². The highest BCUT2D eigenvalue weighted by Gasteiger charge is 2.25. The Bertz CT molecular complexity index is 958. The number of hydrogen-bond acceptors (Lipinski definition) is 6. The van der Waals surface area contributed by atoms with Crippen molar-refractivity contribution in [1.29, 1.82) is 0 Å². The molecule has 130 valence electrons. The Labute approximate surface area is 150 Å². The molecule has 8 heteroatoms. The Morgan fingerprint density at radius 1 is 1.04 bits per heavy atom. The third-order valence-electron chi connectivity index (χ3n) is 3.55. The average Bonchev–Trinajstić information content (AvgIpc) is 3.06. The van der Waals surface area contributed by atoms with Gasteiger partial charge in [-0.15, -0.1) is 5.10 Å². The Hall–Kier alpha value is -2.22. The van der Waals surface area contributed by atoms with Gasteiger partial charge in [-0.3, -0.25) is 0 Å². The van der Waals surface area contributed by atoms with Gasteiger partial charge in [-0.2, -0.15) is 0 Å². The highest BCUT2D eigenvalue weighted by atomic mass is 35.5. The molecule has 6 nitrogen and oxygen atoms in total. The van der Waals surface area contributed by atoms with Crippen LogP contribution < -0.4 is 5.73 Å². The van der Waals surface area contributed by atoms with Gasteiger partial charge in [0.05, 0.1) is 11.8 Å². The number of halogens is 1. The van der Waals surface area contributed by atoms with Crippen LogP contribution in [-0.4, -0.2) is 18.6 Å². The van der Waals surface area contributed by atoms with Crippen molar-refractivity contribution >= 4 is 21.4 Å². The van der Waals surface area contributed by atoms with E-state index in [0.29, 0.717) is 17.0 Å². The Morgan fingerprint density at radius 2 is 1.76 bits per heavy atom. The molecule has 0 unspecified atom stereocenters. The van der Waals surface area contributed by atoms with Crippen molar-refractivity contribution in [2.24, 2.45) is 5.73 Å². The summed E-state index contributed by atoms with van der Waals surface area (Å²) < 4.78 is 30.2. The summed E-state index contributed by atoms with van der Waals surface area (Å²) in [5.74, 6) is -0.183. The summed E-state index contributed by atoms with van der Waals surface area (Å²) in [5.41, 5.74) is 7.59. The third kappa shape index (κ3) is 4.45. The molecular weight excluding hydrogens is 362 g/mol. The van der Waals surface area contributed by atoms with E-state index in [4.69, 9.17) is 21.8 Å². The Kier molecular flexibility index (Phi) is 5.17. The predicted molar refractivity (Wildman–Crippen MR) is 93.7 cm³/mol. The van der Waals surface area contributed by atoms with Crippen LogP contribution in [0.15, 0.2) is 64.2 Å². The normalized spacial score (nSPS) is 12.9. The molecule has 0 saturated heterocycles. The minimum Gasteiger partial charge on any atom is -0.411 e. The second-order valence-corrected chi connectivity index (χ2v) is 7.90. The number of sulfone groups is 1. The van der Waals surface area contributed by atoms with E-state index in [0.717, 1.165) is 5.56 Å². The van der Waals surface area contributed by atoms with E-state index in [9.17, 15) is 8.42 Å². The van der Waals surface area contributed by atoms with E-state index in [2.05, 4.69) is 10.2 Å². The van der Waals surface area contributed by atoms with Gasteiger partial charge in [0, 0.05) is 5.02 Å². The van der Waals surface area contributed by atoms with Crippen molar-refractivity contribution in [3.63, 3.8) is 0 Å². The molecule has 25 heavy (non-hydrogen) atoms. The van der Waals surface area contributed by atoms with Crippen LogP contribution in [-0.2, 0) is 22.0 Å². The number of rotatable bonds is 6. The van der Waals surface area contributed by atoms with Crippen LogP contribution in [0.3, 0.4) is 0 Å². The highest BCUT2D eigenvalue weighted by Crippen LogP contribution is 2.21. The zero-order chi connectivity index (χ0) is 17.9. The summed E-state index contributed by atoms with van der Waals surface area (Å²) in [6.07, 6.45) is 0.469. The molecular formula is C17H16ClN3O3S. The van der Waals surface area contributed by atoms with E-state index < -0.39 is 21.1 Å². The van der Waals surface area contributed by atoms with Crippen molar-refractivity contribution in [3.8, 4) is 0 Å². The van der Waals surface area contributed by atoms with E-state index in [1.165, 1.54) is 0 Å². The Morgan fingerprint density at radius 3 is 2.48 bits per heavy atom. The maximum atomic E-state index is 12.4. The van der Waals surface area contributed by atoms with Gasteiger partial charge in [0.25, 0.3) is 0 Å². The van der Waals surface area contributed by atoms with Crippen LogP contribution in [0.2, 0.25) is 5.02 Å². The SMILES string of the molecule is N[C@@H](Cc1ccccc1)c1nnc(S(=O)(=O)Cc2cccc(Cl)c2)o1.